The van der Waals surface area contributed by atoms with Gasteiger partial charge in [0, 0.05) is 14.1 Å². The Bertz CT molecular complexity index is 493. The number of anilines is 2. The van der Waals surface area contributed by atoms with Gasteiger partial charge in [0.25, 0.3) is 0 Å². The van der Waals surface area contributed by atoms with Crippen LogP contribution in [0.1, 0.15) is 11.5 Å². The summed E-state index contributed by atoms with van der Waals surface area (Å²) in [4.78, 5) is 6.52. The molecule has 0 aliphatic heterocycles. The quantitative estimate of drug-likeness (QED) is 0.878. The first-order valence-electron chi connectivity index (χ1n) is 5.60. The topological polar surface area (TPSA) is 41.3 Å². The number of nitrogens with zero attached hydrogens (tertiary/aromatic N) is 2. The summed E-state index contributed by atoms with van der Waals surface area (Å²) in [6.07, 6.45) is 0. The molecule has 0 aromatic carbocycles. The highest BCUT2D eigenvalue weighted by atomic mass is 16.3. The summed E-state index contributed by atoms with van der Waals surface area (Å²) in [5, 5.41) is 3.03. The van der Waals surface area contributed by atoms with Gasteiger partial charge in [-0.05, 0) is 31.2 Å². The first-order valence-corrected chi connectivity index (χ1v) is 5.60. The van der Waals surface area contributed by atoms with E-state index in [0.29, 0.717) is 6.54 Å². The largest absolute Gasteiger partial charge is 0.464 e. The molecule has 17 heavy (non-hydrogen) atoms. The molecule has 2 aromatic heterocycles. The Labute approximate surface area is 101 Å². The summed E-state index contributed by atoms with van der Waals surface area (Å²) in [5.74, 6) is 3.67. The van der Waals surface area contributed by atoms with Crippen molar-refractivity contribution in [2.75, 3.05) is 24.3 Å². The maximum Gasteiger partial charge on any atom is 0.131 e. The van der Waals surface area contributed by atoms with Crippen molar-refractivity contribution < 1.29 is 4.42 Å². The molecular weight excluding hydrogens is 214 g/mol. The monoisotopic (exact) mass is 231 g/mol. The number of aryl methyl sites for hydroxylation is 1. The molecule has 1 N–H and O–H groups in total. The Kier molecular flexibility index (Phi) is 3.32. The number of hydrogen-bond acceptors (Lipinski definition) is 4. The van der Waals surface area contributed by atoms with Crippen LogP contribution < -0.4 is 10.2 Å². The minimum absolute atomic E-state index is 0.716. The average Bonchev–Trinajstić information content (AvgIpc) is 2.75. The molecule has 2 aromatic rings. The van der Waals surface area contributed by atoms with E-state index >= 15 is 0 Å². The molecule has 2 rings (SSSR count). The van der Waals surface area contributed by atoms with E-state index in [1.807, 2.05) is 51.4 Å². The molecule has 0 bridgehead atoms. The SMILES string of the molecule is CNc1cccc(N(C)Cc2ccc(C)o2)n1. The number of hydrogen-bond donors (Lipinski definition) is 1. The van der Waals surface area contributed by atoms with Crippen LogP contribution in [0.3, 0.4) is 0 Å². The maximum absolute atomic E-state index is 5.55. The van der Waals surface area contributed by atoms with E-state index in [2.05, 4.69) is 15.2 Å². The second-order valence-corrected chi connectivity index (χ2v) is 4.00. The Hall–Kier alpha value is -1.97. The first-order chi connectivity index (χ1) is 8.19. The Morgan fingerprint density at radius 2 is 2.12 bits per heavy atom. The van der Waals surface area contributed by atoms with Crippen LogP contribution in [-0.2, 0) is 6.54 Å². The fourth-order valence-corrected chi connectivity index (χ4v) is 1.66. The van der Waals surface area contributed by atoms with Crippen LogP contribution in [0.25, 0.3) is 0 Å². The third-order valence-corrected chi connectivity index (χ3v) is 2.57. The van der Waals surface area contributed by atoms with Crippen LogP contribution in [0.15, 0.2) is 34.7 Å². The molecule has 0 aliphatic rings. The highest BCUT2D eigenvalue weighted by Gasteiger charge is 2.06. The van der Waals surface area contributed by atoms with Crippen molar-refractivity contribution in [3.63, 3.8) is 0 Å². The van der Waals surface area contributed by atoms with Gasteiger partial charge in [-0.1, -0.05) is 6.07 Å². The van der Waals surface area contributed by atoms with Crippen LogP contribution in [0.2, 0.25) is 0 Å². The molecule has 0 fully saturated rings. The van der Waals surface area contributed by atoms with E-state index in [9.17, 15) is 0 Å². The fourth-order valence-electron chi connectivity index (χ4n) is 1.66. The average molecular weight is 231 g/mol. The van der Waals surface area contributed by atoms with Crippen LogP contribution in [0, 0.1) is 6.92 Å². The van der Waals surface area contributed by atoms with Crippen LogP contribution >= 0.6 is 0 Å². The van der Waals surface area contributed by atoms with Crippen molar-refractivity contribution in [1.82, 2.24) is 4.98 Å². The summed E-state index contributed by atoms with van der Waals surface area (Å²) >= 11 is 0. The van der Waals surface area contributed by atoms with Crippen molar-refractivity contribution in [2.45, 2.75) is 13.5 Å². The van der Waals surface area contributed by atoms with Gasteiger partial charge in [0.2, 0.25) is 0 Å². The van der Waals surface area contributed by atoms with Gasteiger partial charge >= 0.3 is 0 Å². The van der Waals surface area contributed by atoms with Crippen LogP contribution in [-0.4, -0.2) is 19.1 Å². The second-order valence-electron chi connectivity index (χ2n) is 4.00. The van der Waals surface area contributed by atoms with Gasteiger partial charge in [-0.2, -0.15) is 0 Å². The highest BCUT2D eigenvalue weighted by molar-refractivity contribution is 5.46. The molecule has 0 spiro atoms. The zero-order chi connectivity index (χ0) is 12.3. The van der Waals surface area contributed by atoms with Crippen molar-refractivity contribution in [3.05, 3.63) is 41.9 Å². The maximum atomic E-state index is 5.55. The van der Waals surface area contributed by atoms with Crippen molar-refractivity contribution >= 4 is 11.6 Å². The predicted octanol–water partition coefficient (Wildman–Crippen LogP) is 2.66. The smallest absolute Gasteiger partial charge is 0.131 e. The second kappa shape index (κ2) is 4.91. The van der Waals surface area contributed by atoms with Crippen molar-refractivity contribution in [1.29, 1.82) is 0 Å². The van der Waals surface area contributed by atoms with Gasteiger partial charge in [-0.25, -0.2) is 4.98 Å². The van der Waals surface area contributed by atoms with E-state index in [1.54, 1.807) is 0 Å². The van der Waals surface area contributed by atoms with Crippen molar-refractivity contribution in [2.24, 2.45) is 0 Å². The molecule has 0 radical (unpaired) electrons. The Morgan fingerprint density at radius 1 is 1.29 bits per heavy atom. The van der Waals surface area contributed by atoms with Crippen LogP contribution in [0.4, 0.5) is 11.6 Å². The van der Waals surface area contributed by atoms with Crippen molar-refractivity contribution in [3.8, 4) is 0 Å². The summed E-state index contributed by atoms with van der Waals surface area (Å²) < 4.78 is 5.55. The Morgan fingerprint density at radius 3 is 2.76 bits per heavy atom. The highest BCUT2D eigenvalue weighted by Crippen LogP contribution is 2.16. The summed E-state index contributed by atoms with van der Waals surface area (Å²) in [6.45, 7) is 2.66. The normalized spacial score (nSPS) is 10.3. The molecule has 4 heteroatoms. The number of aromatic nitrogens is 1. The lowest BCUT2D eigenvalue weighted by molar-refractivity contribution is 0.481. The zero-order valence-corrected chi connectivity index (χ0v) is 10.4. The van der Waals surface area contributed by atoms with E-state index in [4.69, 9.17) is 4.42 Å². The van der Waals surface area contributed by atoms with Gasteiger partial charge in [0.15, 0.2) is 0 Å². The molecule has 0 aliphatic carbocycles. The molecule has 0 saturated carbocycles. The fraction of sp³-hybridized carbons (Fsp3) is 0.308. The molecule has 4 nitrogen and oxygen atoms in total. The molecule has 0 saturated heterocycles. The lowest BCUT2D eigenvalue weighted by Crippen LogP contribution is -2.17. The minimum Gasteiger partial charge on any atom is -0.464 e. The van der Waals surface area contributed by atoms with Crippen LogP contribution in [0.5, 0.6) is 0 Å². The lowest BCUT2D eigenvalue weighted by Gasteiger charge is -2.17. The summed E-state index contributed by atoms with van der Waals surface area (Å²) in [5.41, 5.74) is 0. The molecule has 2 heterocycles. The summed E-state index contributed by atoms with van der Waals surface area (Å²) in [6, 6.07) is 9.87. The lowest BCUT2D eigenvalue weighted by atomic mass is 10.3. The Balaban J connectivity index is 2.11. The van der Waals surface area contributed by atoms with E-state index < -0.39 is 0 Å². The molecular formula is C13H17N3O. The van der Waals surface area contributed by atoms with Gasteiger partial charge in [0.05, 0.1) is 6.54 Å². The molecule has 0 atom stereocenters. The zero-order valence-electron chi connectivity index (χ0n) is 10.4. The van der Waals surface area contributed by atoms with Gasteiger partial charge < -0.3 is 14.6 Å². The molecule has 0 unspecified atom stereocenters. The number of rotatable bonds is 4. The van der Waals surface area contributed by atoms with Gasteiger partial charge in [-0.15, -0.1) is 0 Å². The van der Waals surface area contributed by atoms with Gasteiger partial charge in [0.1, 0.15) is 23.2 Å². The number of furan rings is 1. The number of nitrogens with one attached hydrogen (secondary N) is 1. The van der Waals surface area contributed by atoms with E-state index in [-0.39, 0.29) is 0 Å². The standard InChI is InChI=1S/C13H17N3O/c1-10-7-8-11(17-10)9-16(3)13-6-4-5-12(14-2)15-13/h4-8H,9H2,1-3H3,(H,14,15). The molecule has 0 amide bonds. The predicted molar refractivity (Wildman–Crippen MR) is 69.3 cm³/mol. The third kappa shape index (κ3) is 2.78. The van der Waals surface area contributed by atoms with E-state index in [0.717, 1.165) is 23.2 Å². The molecule has 90 valence electrons. The minimum atomic E-state index is 0.716. The third-order valence-electron chi connectivity index (χ3n) is 2.57. The summed E-state index contributed by atoms with van der Waals surface area (Å²) in [7, 11) is 3.86. The number of pyridine rings is 1. The first kappa shape index (κ1) is 11.5. The van der Waals surface area contributed by atoms with E-state index in [1.165, 1.54) is 0 Å². The van der Waals surface area contributed by atoms with Gasteiger partial charge in [-0.3, -0.25) is 0 Å².